The molecule has 1 amide bonds. The van der Waals surface area contributed by atoms with Crippen LogP contribution < -0.4 is 5.32 Å². The second-order valence-corrected chi connectivity index (χ2v) is 5.88. The van der Waals surface area contributed by atoms with Gasteiger partial charge in [0, 0.05) is 19.2 Å². The van der Waals surface area contributed by atoms with Crippen molar-refractivity contribution in [3.63, 3.8) is 0 Å². The highest BCUT2D eigenvalue weighted by atomic mass is 16.8. The Morgan fingerprint density at radius 1 is 1.43 bits per heavy atom. The van der Waals surface area contributed by atoms with Crippen molar-refractivity contribution in [3.8, 4) is 0 Å². The highest BCUT2D eigenvalue weighted by Crippen LogP contribution is 2.38. The van der Waals surface area contributed by atoms with Crippen LogP contribution in [0.4, 0.5) is 0 Å². The van der Waals surface area contributed by atoms with Crippen molar-refractivity contribution < 1.29 is 23.7 Å². The second kappa shape index (κ2) is 5.53. The minimum Gasteiger partial charge on any atom is -0.353 e. The SMILES string of the molecule is CO[C@@H]1O[C@H](CNC(=O)C2=CC=CC2)[C@H]2OC(C)(C)O[C@@H]12. The maximum absolute atomic E-state index is 12.0. The fourth-order valence-corrected chi connectivity index (χ4v) is 2.92. The molecule has 1 N–H and O–H groups in total. The summed E-state index contributed by atoms with van der Waals surface area (Å²) in [4.78, 5) is 12.0. The number of fused-ring (bicyclic) bond motifs is 1. The molecule has 0 aromatic heterocycles. The lowest BCUT2D eigenvalue weighted by atomic mass is 10.1. The molecule has 0 aromatic carbocycles. The summed E-state index contributed by atoms with van der Waals surface area (Å²) in [7, 11) is 1.58. The summed E-state index contributed by atoms with van der Waals surface area (Å²) in [5.41, 5.74) is 0.761. The third-order valence-electron chi connectivity index (χ3n) is 3.87. The van der Waals surface area contributed by atoms with E-state index in [-0.39, 0.29) is 24.2 Å². The first-order chi connectivity index (χ1) is 10.00. The van der Waals surface area contributed by atoms with Crippen molar-refractivity contribution in [2.75, 3.05) is 13.7 Å². The topological polar surface area (TPSA) is 66.0 Å². The maximum atomic E-state index is 12.0. The van der Waals surface area contributed by atoms with Gasteiger partial charge >= 0.3 is 0 Å². The number of ether oxygens (including phenoxy) is 4. The number of carbonyl (C=O) groups excluding carboxylic acids is 1. The van der Waals surface area contributed by atoms with Crippen molar-refractivity contribution in [3.05, 3.63) is 23.8 Å². The fourth-order valence-electron chi connectivity index (χ4n) is 2.92. The van der Waals surface area contributed by atoms with Crippen LogP contribution in [-0.2, 0) is 23.7 Å². The summed E-state index contributed by atoms with van der Waals surface area (Å²) in [5.74, 6) is -0.727. The van der Waals surface area contributed by atoms with Crippen LogP contribution in [0.2, 0.25) is 0 Å². The minimum atomic E-state index is -0.657. The Hall–Kier alpha value is -1.21. The summed E-state index contributed by atoms with van der Waals surface area (Å²) in [6.45, 7) is 4.10. The Labute approximate surface area is 124 Å². The molecule has 4 atom stereocenters. The van der Waals surface area contributed by atoms with Gasteiger partial charge in [0.25, 0.3) is 0 Å². The number of carbonyl (C=O) groups is 1. The van der Waals surface area contributed by atoms with E-state index < -0.39 is 12.1 Å². The van der Waals surface area contributed by atoms with E-state index >= 15 is 0 Å². The monoisotopic (exact) mass is 295 g/mol. The Morgan fingerprint density at radius 3 is 2.86 bits per heavy atom. The summed E-state index contributed by atoms with van der Waals surface area (Å²) in [6.07, 6.45) is 5.09. The van der Waals surface area contributed by atoms with E-state index in [1.54, 1.807) is 7.11 Å². The van der Waals surface area contributed by atoms with E-state index in [2.05, 4.69) is 5.32 Å². The molecule has 116 valence electrons. The lowest BCUT2D eigenvalue weighted by Crippen LogP contribution is -2.40. The molecule has 0 spiro atoms. The zero-order valence-electron chi connectivity index (χ0n) is 12.5. The van der Waals surface area contributed by atoms with Crippen LogP contribution in [0.15, 0.2) is 23.8 Å². The number of allylic oxidation sites excluding steroid dienone is 3. The van der Waals surface area contributed by atoms with Gasteiger partial charge in [-0.2, -0.15) is 0 Å². The molecule has 21 heavy (non-hydrogen) atoms. The normalized spacial score (nSPS) is 36.6. The van der Waals surface area contributed by atoms with Crippen LogP contribution >= 0.6 is 0 Å². The highest BCUT2D eigenvalue weighted by Gasteiger charge is 2.55. The van der Waals surface area contributed by atoms with Gasteiger partial charge in [-0.05, 0) is 20.3 Å². The standard InChI is InChI=1S/C15H21NO5/c1-15(2)20-11-10(19-14(18-3)12(11)21-15)8-16-13(17)9-6-4-5-7-9/h4-6,10-12,14H,7-8H2,1-3H3,(H,16,17)/t10-,11-,12-,14-/m1/s1. The molecule has 2 heterocycles. The van der Waals surface area contributed by atoms with E-state index in [4.69, 9.17) is 18.9 Å². The van der Waals surface area contributed by atoms with E-state index in [9.17, 15) is 4.79 Å². The van der Waals surface area contributed by atoms with Crippen LogP contribution in [-0.4, -0.2) is 50.0 Å². The van der Waals surface area contributed by atoms with Gasteiger partial charge in [0.1, 0.15) is 18.3 Å². The van der Waals surface area contributed by atoms with Crippen molar-refractivity contribution in [2.24, 2.45) is 0 Å². The third-order valence-corrected chi connectivity index (χ3v) is 3.87. The quantitative estimate of drug-likeness (QED) is 0.834. The zero-order chi connectivity index (χ0) is 15.0. The van der Waals surface area contributed by atoms with Gasteiger partial charge in [-0.1, -0.05) is 18.2 Å². The van der Waals surface area contributed by atoms with Gasteiger partial charge in [-0.15, -0.1) is 0 Å². The van der Waals surface area contributed by atoms with E-state index in [1.807, 2.05) is 32.1 Å². The molecule has 0 unspecified atom stereocenters. The van der Waals surface area contributed by atoms with Crippen LogP contribution in [0.5, 0.6) is 0 Å². The van der Waals surface area contributed by atoms with Gasteiger partial charge in [0.15, 0.2) is 12.1 Å². The number of amides is 1. The Balaban J connectivity index is 1.59. The molecule has 3 rings (SSSR count). The molecule has 2 saturated heterocycles. The van der Waals surface area contributed by atoms with Crippen molar-refractivity contribution in [2.45, 2.75) is 50.7 Å². The number of nitrogens with one attached hydrogen (secondary N) is 1. The average Bonchev–Trinajstić information content (AvgIpc) is 3.11. The Morgan fingerprint density at radius 2 is 2.19 bits per heavy atom. The molecular weight excluding hydrogens is 274 g/mol. The first-order valence-electron chi connectivity index (χ1n) is 7.18. The fraction of sp³-hybridized carbons (Fsp3) is 0.667. The molecule has 2 fully saturated rings. The molecule has 6 nitrogen and oxygen atoms in total. The van der Waals surface area contributed by atoms with Crippen LogP contribution in [0.25, 0.3) is 0 Å². The number of hydrogen-bond acceptors (Lipinski definition) is 5. The molecule has 0 aromatic rings. The third kappa shape index (κ3) is 2.89. The van der Waals surface area contributed by atoms with E-state index in [0.717, 1.165) is 5.57 Å². The summed E-state index contributed by atoms with van der Waals surface area (Å²) in [5, 5.41) is 2.89. The largest absolute Gasteiger partial charge is 0.353 e. The second-order valence-electron chi connectivity index (χ2n) is 5.88. The molecular formula is C15H21NO5. The van der Waals surface area contributed by atoms with Gasteiger partial charge in [0.05, 0.1) is 0 Å². The summed E-state index contributed by atoms with van der Waals surface area (Å²) >= 11 is 0. The van der Waals surface area contributed by atoms with E-state index in [0.29, 0.717) is 13.0 Å². The molecule has 2 aliphatic heterocycles. The molecule has 6 heteroatoms. The Bertz CT molecular complexity index is 484. The number of methoxy groups -OCH3 is 1. The lowest BCUT2D eigenvalue weighted by molar-refractivity contribution is -0.226. The van der Waals surface area contributed by atoms with Crippen LogP contribution in [0, 0.1) is 0 Å². The summed E-state index contributed by atoms with van der Waals surface area (Å²) in [6, 6.07) is 0. The van der Waals surface area contributed by atoms with Crippen molar-refractivity contribution >= 4 is 5.91 Å². The average molecular weight is 295 g/mol. The minimum absolute atomic E-state index is 0.0702. The Kier molecular flexibility index (Phi) is 3.88. The lowest BCUT2D eigenvalue weighted by Gasteiger charge is -2.23. The van der Waals surface area contributed by atoms with Gasteiger partial charge in [0.2, 0.25) is 5.91 Å². The highest BCUT2D eigenvalue weighted by molar-refractivity contribution is 5.94. The number of hydrogen-bond donors (Lipinski definition) is 1. The van der Waals surface area contributed by atoms with Gasteiger partial charge in [-0.25, -0.2) is 0 Å². The van der Waals surface area contributed by atoms with E-state index in [1.165, 1.54) is 0 Å². The van der Waals surface area contributed by atoms with Crippen LogP contribution in [0.1, 0.15) is 20.3 Å². The van der Waals surface area contributed by atoms with Crippen LogP contribution in [0.3, 0.4) is 0 Å². The van der Waals surface area contributed by atoms with Crippen molar-refractivity contribution in [1.29, 1.82) is 0 Å². The first-order valence-corrected chi connectivity index (χ1v) is 7.18. The predicted octanol–water partition coefficient (Wildman–Crippen LogP) is 0.880. The molecule has 1 aliphatic carbocycles. The van der Waals surface area contributed by atoms with Gasteiger partial charge in [-0.3, -0.25) is 4.79 Å². The number of rotatable bonds is 4. The predicted molar refractivity (Wildman–Crippen MR) is 74.3 cm³/mol. The molecule has 0 saturated carbocycles. The van der Waals surface area contributed by atoms with Crippen molar-refractivity contribution in [1.82, 2.24) is 5.32 Å². The van der Waals surface area contributed by atoms with Gasteiger partial charge < -0.3 is 24.3 Å². The zero-order valence-corrected chi connectivity index (χ0v) is 12.5. The first kappa shape index (κ1) is 14.7. The molecule has 0 bridgehead atoms. The summed E-state index contributed by atoms with van der Waals surface area (Å²) < 4.78 is 22.7. The smallest absolute Gasteiger partial charge is 0.247 e. The molecule has 0 radical (unpaired) electrons. The molecule has 3 aliphatic rings. The maximum Gasteiger partial charge on any atom is 0.247 e.